The molecule has 0 aliphatic heterocycles. The topological polar surface area (TPSA) is 40.9 Å². The third kappa shape index (κ3) is 5.34. The van der Waals surface area contributed by atoms with Crippen LogP contribution in [-0.2, 0) is 24.8 Å². The minimum atomic E-state index is -0.258. The average Bonchev–Trinajstić information content (AvgIpc) is 2.75. The molecule has 0 radical (unpaired) electrons. The van der Waals surface area contributed by atoms with Gasteiger partial charge in [0.15, 0.2) is 0 Å². The predicted molar refractivity (Wildman–Crippen MR) is 97.0 cm³/mol. The third-order valence-electron chi connectivity index (χ3n) is 6.76. The van der Waals surface area contributed by atoms with Crippen molar-refractivity contribution in [3.63, 3.8) is 0 Å². The fourth-order valence-corrected chi connectivity index (χ4v) is 5.55. The fraction of sp³-hybridized carbons (Fsp3) is 0.714. The van der Waals surface area contributed by atoms with Gasteiger partial charge in [0.05, 0.1) is 5.91 Å². The van der Waals surface area contributed by atoms with Gasteiger partial charge in [-0.25, -0.2) is 5.57 Å². The van der Waals surface area contributed by atoms with Crippen LogP contribution in [0.1, 0.15) is 66.2 Å². The molecule has 0 aromatic carbocycles. The summed E-state index contributed by atoms with van der Waals surface area (Å²) in [6, 6.07) is 0. The molecule has 26 heavy (non-hydrogen) atoms. The van der Waals surface area contributed by atoms with Gasteiger partial charge < -0.3 is 35.3 Å². The van der Waals surface area contributed by atoms with E-state index in [9.17, 15) is 4.79 Å². The van der Waals surface area contributed by atoms with Crippen LogP contribution in [0.2, 0.25) is 0 Å². The molecule has 2 nitrogen and oxygen atoms in total. The van der Waals surface area contributed by atoms with E-state index in [1.807, 2.05) is 0 Å². The smallest absolute Gasteiger partial charge is 0.0550 e. The molecule has 1 unspecified atom stereocenters. The quantitative estimate of drug-likeness (QED) is 0.406. The second-order valence-electron chi connectivity index (χ2n) is 8.33. The van der Waals surface area contributed by atoms with Crippen molar-refractivity contribution in [1.29, 1.82) is 0 Å². The summed E-state index contributed by atoms with van der Waals surface area (Å²) < 4.78 is 0. The minimum absolute atomic E-state index is 0. The number of nitrogens with one attached hydrogen (secondary N) is 1. The zero-order valence-electron chi connectivity index (χ0n) is 16.4. The monoisotopic (exact) mass is 431 g/mol. The molecule has 1 atom stereocenters. The van der Waals surface area contributed by atoms with Crippen LogP contribution in [0, 0.1) is 35.2 Å². The standard InChI is InChI=1S/C11H17NO.C9H13.CH2.2ClH.Ti/c12-10(13)11-4-7-1-8(5-11)3-9(2-7)6-11;1-6-5-7(2)9(4)8(6)3;;;;/h7-9H,1-6H2,(H2,12,13);6H,1-4H3;1H2;2*1H;/q;-1;;;;+2/p-3. The zero-order chi connectivity index (χ0) is 18.1. The van der Waals surface area contributed by atoms with Crippen molar-refractivity contribution in [2.45, 2.75) is 66.2 Å². The molecule has 4 saturated carbocycles. The Labute approximate surface area is 183 Å². The summed E-state index contributed by atoms with van der Waals surface area (Å²) in [5, 5.41) is 0. The van der Waals surface area contributed by atoms with Crippen molar-refractivity contribution in [3.8, 4) is 0 Å². The first-order valence-electron chi connectivity index (χ1n) is 9.20. The molecule has 4 bridgehead atoms. The Balaban J connectivity index is 0.000000431. The number of allylic oxidation sites excluding steroid dienone is 4. The Morgan fingerprint density at radius 2 is 1.42 bits per heavy atom. The van der Waals surface area contributed by atoms with Crippen LogP contribution >= 0.6 is 0 Å². The van der Waals surface area contributed by atoms with E-state index in [0.717, 1.165) is 37.0 Å². The van der Waals surface area contributed by atoms with E-state index in [2.05, 4.69) is 38.6 Å². The molecule has 0 spiro atoms. The van der Waals surface area contributed by atoms with E-state index in [-0.39, 0.29) is 36.1 Å². The van der Waals surface area contributed by atoms with Crippen LogP contribution in [0.3, 0.4) is 0 Å². The minimum Gasteiger partial charge on any atom is -1.00 e. The first kappa shape index (κ1) is 26.1. The van der Waals surface area contributed by atoms with Gasteiger partial charge in [-0.15, -0.1) is 6.92 Å². The molecule has 0 heterocycles. The molecule has 5 heteroatoms. The van der Waals surface area contributed by atoms with E-state index >= 15 is 0 Å². The number of hydrogen-bond acceptors (Lipinski definition) is 1. The van der Waals surface area contributed by atoms with E-state index in [4.69, 9.17) is 5.73 Å². The van der Waals surface area contributed by atoms with Crippen molar-refractivity contribution >= 4 is 10.7 Å². The van der Waals surface area contributed by atoms with Gasteiger partial charge in [-0.05, 0) is 56.3 Å². The Bertz CT molecular complexity index is 535. The number of carbonyl (C=O) groups is 1. The van der Waals surface area contributed by atoms with Crippen LogP contribution in [-0.4, -0.2) is 10.7 Å². The fourth-order valence-electron chi connectivity index (χ4n) is 5.55. The molecule has 1 amide bonds. The van der Waals surface area contributed by atoms with Gasteiger partial charge in [0.1, 0.15) is 0 Å². The van der Waals surface area contributed by atoms with Crippen molar-refractivity contribution < 1.29 is 49.6 Å². The molecule has 5 aliphatic rings. The Morgan fingerprint density at radius 3 is 1.62 bits per heavy atom. The van der Waals surface area contributed by atoms with E-state index in [0.29, 0.717) is 5.92 Å². The molecule has 4 fully saturated rings. The molecule has 5 rings (SSSR count). The maximum atomic E-state index is 11.4. The molecule has 0 aromatic heterocycles. The van der Waals surface area contributed by atoms with Gasteiger partial charge in [-0.2, -0.15) is 11.1 Å². The molecule has 5 aliphatic carbocycles. The van der Waals surface area contributed by atoms with Gasteiger partial charge in [-0.1, -0.05) is 26.7 Å². The first-order valence-corrected chi connectivity index (χ1v) is 10.3. The van der Waals surface area contributed by atoms with Crippen molar-refractivity contribution in [2.24, 2.45) is 29.1 Å². The second kappa shape index (κ2) is 10.6. The van der Waals surface area contributed by atoms with Crippen LogP contribution in [0.25, 0.3) is 5.73 Å². The first-order chi connectivity index (χ1) is 11.3. The van der Waals surface area contributed by atoms with Crippen LogP contribution in [0.5, 0.6) is 0 Å². The SMILES string of the molecule is CC1=[C-]C(C)C(C)=C1C.[CH2]=[Ti+2].[Cl-].[Cl-].[NH-]C(=O)C12CC3CC(CC(C3)C1)C2. The predicted octanol–water partition coefficient (Wildman–Crippen LogP) is -0.523. The number of carbonyl (C=O) groups excluding carboxylic acids is 1. The van der Waals surface area contributed by atoms with Gasteiger partial charge in [0.25, 0.3) is 0 Å². The maximum absolute atomic E-state index is 11.4. The van der Waals surface area contributed by atoms with Crippen LogP contribution in [0.4, 0.5) is 0 Å². The number of rotatable bonds is 1. The van der Waals surface area contributed by atoms with Gasteiger partial charge >= 0.3 is 24.8 Å². The van der Waals surface area contributed by atoms with Crippen LogP contribution < -0.4 is 24.8 Å². The number of halogens is 2. The van der Waals surface area contributed by atoms with Crippen LogP contribution in [0.15, 0.2) is 16.7 Å². The summed E-state index contributed by atoms with van der Waals surface area (Å²) in [4.78, 5) is 14.6. The summed E-state index contributed by atoms with van der Waals surface area (Å²) in [6.07, 6.45) is 10.5. The summed E-state index contributed by atoms with van der Waals surface area (Å²) in [7, 11) is 0. The Kier molecular flexibility index (Phi) is 10.6. The largest absolute Gasteiger partial charge is 1.00 e. The van der Waals surface area contributed by atoms with Gasteiger partial charge in [-0.3, -0.25) is 6.08 Å². The molecule has 0 saturated heterocycles. The van der Waals surface area contributed by atoms with E-state index in [1.54, 1.807) is 20.0 Å². The summed E-state index contributed by atoms with van der Waals surface area (Å²) in [5.41, 5.74) is 11.5. The number of amides is 1. The summed E-state index contributed by atoms with van der Waals surface area (Å²) in [5.74, 6) is 2.68. The van der Waals surface area contributed by atoms with Gasteiger partial charge in [0.2, 0.25) is 0 Å². The molecular formula is C21H31Cl2NOTi-2. The number of hydrogen-bond donors (Lipinski definition) is 0. The Hall–Kier alpha value is 0.114. The second-order valence-corrected chi connectivity index (χ2v) is 8.33. The molecular weight excluding hydrogens is 401 g/mol. The molecule has 0 aromatic rings. The van der Waals surface area contributed by atoms with Crippen molar-refractivity contribution in [3.05, 3.63) is 28.5 Å². The Morgan fingerprint density at radius 1 is 1.04 bits per heavy atom. The zero-order valence-corrected chi connectivity index (χ0v) is 19.5. The molecule has 146 valence electrons. The normalized spacial score (nSPS) is 35.8. The molecule has 1 N–H and O–H groups in total. The van der Waals surface area contributed by atoms with Crippen molar-refractivity contribution in [1.82, 2.24) is 0 Å². The summed E-state index contributed by atoms with van der Waals surface area (Å²) >= 11 is 1.75. The van der Waals surface area contributed by atoms with E-state index in [1.165, 1.54) is 36.0 Å². The van der Waals surface area contributed by atoms with Crippen molar-refractivity contribution in [2.75, 3.05) is 0 Å². The maximum Gasteiger partial charge on any atom is 0.0550 e. The van der Waals surface area contributed by atoms with E-state index < -0.39 is 0 Å². The third-order valence-corrected chi connectivity index (χ3v) is 6.76. The summed E-state index contributed by atoms with van der Waals surface area (Å²) in [6.45, 7) is 8.67. The average molecular weight is 432 g/mol. The van der Waals surface area contributed by atoms with Gasteiger partial charge in [0, 0.05) is 5.41 Å².